The second kappa shape index (κ2) is 5.70. The molecule has 2 N–H and O–H groups in total. The minimum absolute atomic E-state index is 0.00269. The lowest BCUT2D eigenvalue weighted by Crippen LogP contribution is -2.30. The number of alkyl carbamates (subject to hydrolysis) is 1. The van der Waals surface area contributed by atoms with E-state index in [1.54, 1.807) is 44.2 Å². The van der Waals surface area contributed by atoms with Gasteiger partial charge in [-0.25, -0.2) is 4.79 Å². The van der Waals surface area contributed by atoms with E-state index in [2.05, 4.69) is 11.4 Å². The third-order valence-corrected chi connectivity index (χ3v) is 1.89. The van der Waals surface area contributed by atoms with Crippen molar-refractivity contribution in [3.05, 3.63) is 47.7 Å². The third-order valence-electron chi connectivity index (χ3n) is 1.89. The van der Waals surface area contributed by atoms with Crippen molar-refractivity contribution < 1.29 is 9.53 Å². The van der Waals surface area contributed by atoms with Gasteiger partial charge >= 0.3 is 6.09 Å². The molecule has 1 aromatic rings. The lowest BCUT2D eigenvalue weighted by molar-refractivity contribution is 0.182. The summed E-state index contributed by atoms with van der Waals surface area (Å²) in [5.74, 6) is 0.495. The standard InChI is InChI=1S/C12H13N2O2/c1-3-9(2)16-12(15)14-11(13)10-7-5-4-6-8-10/h3,5-8H,1-2H3,(H2,13,14,15)/b9-3-. The smallest absolute Gasteiger partial charge is 0.415 e. The topological polar surface area (TPSA) is 62.2 Å². The largest absolute Gasteiger partial charge is 0.417 e. The highest BCUT2D eigenvalue weighted by Crippen LogP contribution is 1.99. The number of ether oxygens (including phenoxy) is 1. The molecule has 0 unspecified atom stereocenters. The first-order valence-corrected chi connectivity index (χ1v) is 4.80. The van der Waals surface area contributed by atoms with E-state index in [-0.39, 0.29) is 5.84 Å². The predicted octanol–water partition coefficient (Wildman–Crippen LogP) is 2.46. The van der Waals surface area contributed by atoms with Crippen LogP contribution in [0, 0.1) is 11.5 Å². The maximum Gasteiger partial charge on any atom is 0.417 e. The van der Waals surface area contributed by atoms with E-state index in [9.17, 15) is 4.79 Å². The van der Waals surface area contributed by atoms with Crippen LogP contribution in [0.5, 0.6) is 0 Å². The first-order chi connectivity index (χ1) is 7.63. The van der Waals surface area contributed by atoms with Crippen LogP contribution in [0.1, 0.15) is 19.4 Å². The molecular weight excluding hydrogens is 204 g/mol. The van der Waals surface area contributed by atoms with Gasteiger partial charge in [-0.15, -0.1) is 0 Å². The maximum atomic E-state index is 11.3. The summed E-state index contributed by atoms with van der Waals surface area (Å²) in [6, 6.07) is 9.55. The molecule has 0 saturated carbocycles. The molecule has 1 amide bonds. The summed E-state index contributed by atoms with van der Waals surface area (Å²) < 4.78 is 4.85. The molecule has 0 spiro atoms. The van der Waals surface area contributed by atoms with Crippen LogP contribution in [0.3, 0.4) is 0 Å². The van der Waals surface area contributed by atoms with Gasteiger partial charge in [-0.1, -0.05) is 24.3 Å². The van der Waals surface area contributed by atoms with Gasteiger partial charge in [0.25, 0.3) is 0 Å². The fraction of sp³-hybridized carbons (Fsp3) is 0.167. The van der Waals surface area contributed by atoms with Crippen LogP contribution in [0.25, 0.3) is 0 Å². The highest BCUT2D eigenvalue weighted by molar-refractivity contribution is 6.04. The number of amidine groups is 1. The minimum Gasteiger partial charge on any atom is -0.415 e. The van der Waals surface area contributed by atoms with Gasteiger partial charge < -0.3 is 4.74 Å². The zero-order valence-electron chi connectivity index (χ0n) is 9.20. The highest BCUT2D eigenvalue weighted by atomic mass is 16.6. The molecule has 0 fully saturated rings. The van der Waals surface area contributed by atoms with Crippen molar-refractivity contribution in [2.75, 3.05) is 0 Å². The van der Waals surface area contributed by atoms with E-state index in [0.717, 1.165) is 0 Å². The molecule has 1 aromatic carbocycles. The van der Waals surface area contributed by atoms with Crippen LogP contribution in [0.15, 0.2) is 36.1 Å². The van der Waals surface area contributed by atoms with E-state index in [4.69, 9.17) is 10.1 Å². The summed E-state index contributed by atoms with van der Waals surface area (Å²) in [7, 11) is 0. The Bertz CT molecular complexity index is 410. The molecule has 16 heavy (non-hydrogen) atoms. The van der Waals surface area contributed by atoms with E-state index < -0.39 is 6.09 Å². The molecule has 0 atom stereocenters. The Kier molecular flexibility index (Phi) is 4.27. The normalized spacial score (nSPS) is 10.8. The molecule has 83 valence electrons. The van der Waals surface area contributed by atoms with Crippen molar-refractivity contribution in [1.29, 1.82) is 5.41 Å². The SMILES string of the molecule is C/C=C(/C)OC(=O)NC(=N)c1cc[c]cc1. The molecule has 0 aliphatic heterocycles. The molecular formula is C12H13N2O2. The predicted molar refractivity (Wildman–Crippen MR) is 61.2 cm³/mol. The quantitative estimate of drug-likeness (QED) is 0.454. The zero-order chi connectivity index (χ0) is 12.0. The van der Waals surface area contributed by atoms with Crippen molar-refractivity contribution in [3.63, 3.8) is 0 Å². The van der Waals surface area contributed by atoms with Crippen LogP contribution < -0.4 is 5.32 Å². The number of nitrogens with one attached hydrogen (secondary N) is 2. The summed E-state index contributed by atoms with van der Waals surface area (Å²) in [4.78, 5) is 11.3. The average molecular weight is 217 g/mol. The number of rotatable bonds is 2. The van der Waals surface area contributed by atoms with Crippen molar-refractivity contribution in [3.8, 4) is 0 Å². The highest BCUT2D eigenvalue weighted by Gasteiger charge is 2.07. The van der Waals surface area contributed by atoms with Gasteiger partial charge in [0.2, 0.25) is 0 Å². The summed E-state index contributed by atoms with van der Waals surface area (Å²) >= 11 is 0. The molecule has 1 rings (SSSR count). The van der Waals surface area contributed by atoms with Gasteiger partial charge in [0, 0.05) is 5.56 Å². The molecule has 4 nitrogen and oxygen atoms in total. The first kappa shape index (κ1) is 12.0. The average Bonchev–Trinajstić information content (AvgIpc) is 2.29. The number of carbonyl (C=O) groups excluding carboxylic acids is 1. The van der Waals surface area contributed by atoms with E-state index >= 15 is 0 Å². The van der Waals surface area contributed by atoms with Gasteiger partial charge in [0.1, 0.15) is 11.6 Å². The van der Waals surface area contributed by atoms with E-state index in [0.29, 0.717) is 11.3 Å². The molecule has 0 aliphatic rings. The lowest BCUT2D eigenvalue weighted by atomic mass is 10.2. The molecule has 0 aliphatic carbocycles. The zero-order valence-corrected chi connectivity index (χ0v) is 9.20. The van der Waals surface area contributed by atoms with Crippen molar-refractivity contribution in [2.24, 2.45) is 0 Å². The van der Waals surface area contributed by atoms with Crippen LogP contribution in [0.2, 0.25) is 0 Å². The number of hydrogen-bond acceptors (Lipinski definition) is 3. The van der Waals surface area contributed by atoms with Gasteiger partial charge in [-0.3, -0.25) is 10.7 Å². The minimum atomic E-state index is -0.659. The Morgan fingerprint density at radius 2 is 2.12 bits per heavy atom. The van der Waals surface area contributed by atoms with Crippen molar-refractivity contribution in [2.45, 2.75) is 13.8 Å². The van der Waals surface area contributed by atoms with Crippen LogP contribution >= 0.6 is 0 Å². The van der Waals surface area contributed by atoms with Crippen LogP contribution in [-0.4, -0.2) is 11.9 Å². The van der Waals surface area contributed by atoms with Gasteiger partial charge in [0.05, 0.1) is 0 Å². The Hall–Kier alpha value is -2.10. The van der Waals surface area contributed by atoms with Gasteiger partial charge in [-0.2, -0.15) is 0 Å². The summed E-state index contributed by atoms with van der Waals surface area (Å²) in [5.41, 5.74) is 0.605. The summed E-state index contributed by atoms with van der Waals surface area (Å²) in [6.07, 6.45) is 1.01. The summed E-state index contributed by atoms with van der Waals surface area (Å²) in [6.45, 7) is 3.43. The Balaban J connectivity index is 2.56. The van der Waals surface area contributed by atoms with E-state index in [1.165, 1.54) is 0 Å². The van der Waals surface area contributed by atoms with Crippen molar-refractivity contribution >= 4 is 11.9 Å². The number of allylic oxidation sites excluding steroid dienone is 2. The second-order valence-corrected chi connectivity index (χ2v) is 3.08. The Morgan fingerprint density at radius 3 is 2.69 bits per heavy atom. The summed E-state index contributed by atoms with van der Waals surface area (Å²) in [5, 5.41) is 9.95. The molecule has 0 aromatic heterocycles. The van der Waals surface area contributed by atoms with E-state index in [1.807, 2.05) is 0 Å². The Morgan fingerprint density at radius 1 is 1.50 bits per heavy atom. The molecule has 0 heterocycles. The van der Waals surface area contributed by atoms with Crippen molar-refractivity contribution in [1.82, 2.24) is 5.32 Å². The van der Waals surface area contributed by atoms with Crippen LogP contribution in [-0.2, 0) is 4.74 Å². The van der Waals surface area contributed by atoms with Gasteiger partial charge in [-0.05, 0) is 26.0 Å². The molecule has 1 radical (unpaired) electrons. The third kappa shape index (κ3) is 3.57. The fourth-order valence-electron chi connectivity index (χ4n) is 0.958. The number of carbonyl (C=O) groups is 1. The van der Waals surface area contributed by atoms with Gasteiger partial charge in [0.15, 0.2) is 0 Å². The fourth-order valence-corrected chi connectivity index (χ4v) is 0.958. The molecule has 0 saturated heterocycles. The lowest BCUT2D eigenvalue weighted by Gasteiger charge is -2.07. The molecule has 0 bridgehead atoms. The molecule has 4 heteroatoms. The maximum absolute atomic E-state index is 11.3. The van der Waals surface area contributed by atoms with Crippen LogP contribution in [0.4, 0.5) is 4.79 Å². The Labute approximate surface area is 94.4 Å². The second-order valence-electron chi connectivity index (χ2n) is 3.08. The first-order valence-electron chi connectivity index (χ1n) is 4.80. The monoisotopic (exact) mass is 217 g/mol. The number of hydrogen-bond donors (Lipinski definition) is 2. The number of benzene rings is 1. The number of amides is 1.